The normalized spacial score (nSPS) is 18.6. The Bertz CT molecular complexity index is 466. The molecular formula is C14H15ClO. The van der Waals surface area contributed by atoms with Gasteiger partial charge in [0.15, 0.2) is 5.78 Å². The number of Topliss-reactive ketones (excluding diaryl/α,β-unsaturated/α-hetero) is 1. The van der Waals surface area contributed by atoms with Gasteiger partial charge in [0.1, 0.15) is 0 Å². The van der Waals surface area contributed by atoms with Gasteiger partial charge in [-0.15, -0.1) is 11.6 Å². The number of ketones is 1. The van der Waals surface area contributed by atoms with E-state index in [0.717, 1.165) is 16.7 Å². The van der Waals surface area contributed by atoms with Crippen LogP contribution in [0.1, 0.15) is 47.6 Å². The molecule has 0 N–H and O–H groups in total. The van der Waals surface area contributed by atoms with E-state index >= 15 is 0 Å². The number of hydrogen-bond acceptors (Lipinski definition) is 1. The third-order valence-electron chi connectivity index (χ3n) is 2.77. The molecule has 0 saturated heterocycles. The molecule has 0 bridgehead atoms. The molecule has 84 valence electrons. The molecule has 1 aromatic carbocycles. The predicted molar refractivity (Wildman–Crippen MR) is 67.9 cm³/mol. The van der Waals surface area contributed by atoms with E-state index in [9.17, 15) is 4.79 Å². The van der Waals surface area contributed by atoms with Crippen molar-refractivity contribution in [2.75, 3.05) is 0 Å². The van der Waals surface area contributed by atoms with Crippen molar-refractivity contribution in [3.63, 3.8) is 0 Å². The van der Waals surface area contributed by atoms with Gasteiger partial charge in [-0.25, -0.2) is 0 Å². The van der Waals surface area contributed by atoms with Gasteiger partial charge in [-0.2, -0.15) is 0 Å². The van der Waals surface area contributed by atoms with Crippen molar-refractivity contribution in [1.29, 1.82) is 0 Å². The van der Waals surface area contributed by atoms with Crippen molar-refractivity contribution in [2.45, 2.75) is 26.1 Å². The smallest absolute Gasteiger partial charge is 0.168 e. The molecule has 2 heteroatoms. The minimum Gasteiger partial charge on any atom is -0.294 e. The summed E-state index contributed by atoms with van der Waals surface area (Å²) in [6.07, 6.45) is 3.92. The summed E-state index contributed by atoms with van der Waals surface area (Å²) in [5, 5.41) is -0.0474. The molecule has 0 heterocycles. The molecule has 0 aromatic heterocycles. The minimum atomic E-state index is -0.336. The molecule has 1 aromatic rings. The number of carbonyl (C=O) groups is 1. The summed E-state index contributed by atoms with van der Waals surface area (Å²) in [5.41, 5.74) is 2.58. The third kappa shape index (κ3) is 1.92. The zero-order valence-corrected chi connectivity index (χ0v) is 10.5. The van der Waals surface area contributed by atoms with E-state index in [1.54, 1.807) is 0 Å². The van der Waals surface area contributed by atoms with Crippen molar-refractivity contribution >= 4 is 23.5 Å². The number of rotatable bonds is 1. The second-order valence-corrected chi connectivity index (χ2v) is 5.65. The number of benzene rings is 1. The molecule has 0 amide bonds. The van der Waals surface area contributed by atoms with Crippen LogP contribution in [-0.2, 0) is 0 Å². The van der Waals surface area contributed by atoms with Gasteiger partial charge in [0.05, 0.1) is 5.38 Å². The Balaban J connectivity index is 2.40. The molecular weight excluding hydrogens is 220 g/mol. The zero-order chi connectivity index (χ0) is 11.9. The van der Waals surface area contributed by atoms with Gasteiger partial charge in [0.2, 0.25) is 0 Å². The Morgan fingerprint density at radius 1 is 1.31 bits per heavy atom. The first kappa shape index (κ1) is 11.4. The lowest BCUT2D eigenvalue weighted by Crippen LogP contribution is -2.20. The highest BCUT2D eigenvalue weighted by molar-refractivity contribution is 6.23. The average molecular weight is 235 g/mol. The standard InChI is InChI=1S/C14H15ClO/c1-14(2,3)13(16)10-4-6-11-9(8-10)5-7-12(11)15/h4-8,12H,1-3H3. The first-order valence-electron chi connectivity index (χ1n) is 5.40. The van der Waals surface area contributed by atoms with Crippen LogP contribution in [-0.4, -0.2) is 5.78 Å². The summed E-state index contributed by atoms with van der Waals surface area (Å²) < 4.78 is 0. The van der Waals surface area contributed by atoms with E-state index in [0.29, 0.717) is 0 Å². The first-order chi connectivity index (χ1) is 7.39. The summed E-state index contributed by atoms with van der Waals surface area (Å²) in [5.74, 6) is 0.168. The van der Waals surface area contributed by atoms with E-state index in [4.69, 9.17) is 11.6 Å². The van der Waals surface area contributed by atoms with Crippen LogP contribution in [0.5, 0.6) is 0 Å². The molecule has 16 heavy (non-hydrogen) atoms. The lowest BCUT2D eigenvalue weighted by atomic mass is 9.86. The SMILES string of the molecule is CC(C)(C)C(=O)c1ccc2c(c1)C=CC2Cl. The molecule has 2 rings (SSSR count). The highest BCUT2D eigenvalue weighted by Gasteiger charge is 2.24. The van der Waals surface area contributed by atoms with Crippen LogP contribution in [0.15, 0.2) is 24.3 Å². The lowest BCUT2D eigenvalue weighted by Gasteiger charge is -2.17. The maximum absolute atomic E-state index is 12.1. The van der Waals surface area contributed by atoms with Crippen LogP contribution in [0.25, 0.3) is 6.08 Å². The van der Waals surface area contributed by atoms with Gasteiger partial charge in [-0.05, 0) is 17.2 Å². The Hall–Kier alpha value is -1.08. The van der Waals surface area contributed by atoms with E-state index in [2.05, 4.69) is 0 Å². The molecule has 0 saturated carbocycles. The number of hydrogen-bond donors (Lipinski definition) is 0. The Morgan fingerprint density at radius 3 is 2.62 bits per heavy atom. The predicted octanol–water partition coefficient (Wildman–Crippen LogP) is 4.22. The van der Waals surface area contributed by atoms with Crippen molar-refractivity contribution < 1.29 is 4.79 Å². The fourth-order valence-corrected chi connectivity index (χ4v) is 2.11. The number of halogens is 1. The Morgan fingerprint density at radius 2 is 2.00 bits per heavy atom. The molecule has 1 aliphatic carbocycles. The van der Waals surface area contributed by atoms with Gasteiger partial charge < -0.3 is 0 Å². The maximum Gasteiger partial charge on any atom is 0.168 e. The minimum absolute atomic E-state index is 0.0474. The monoisotopic (exact) mass is 234 g/mol. The summed E-state index contributed by atoms with van der Waals surface area (Å²) >= 11 is 6.09. The molecule has 1 unspecified atom stereocenters. The van der Waals surface area contributed by atoms with Gasteiger partial charge in [0, 0.05) is 11.0 Å². The first-order valence-corrected chi connectivity index (χ1v) is 5.84. The molecule has 0 aliphatic heterocycles. The molecule has 1 aliphatic rings. The number of alkyl halides is 1. The fraction of sp³-hybridized carbons (Fsp3) is 0.357. The van der Waals surface area contributed by atoms with E-state index in [-0.39, 0.29) is 16.6 Å². The van der Waals surface area contributed by atoms with Crippen LogP contribution in [0.4, 0.5) is 0 Å². The largest absolute Gasteiger partial charge is 0.294 e. The molecule has 0 spiro atoms. The van der Waals surface area contributed by atoms with Crippen LogP contribution in [0, 0.1) is 5.41 Å². The Labute approximate surface area is 101 Å². The van der Waals surface area contributed by atoms with E-state index in [1.165, 1.54) is 0 Å². The molecule has 1 atom stereocenters. The third-order valence-corrected chi connectivity index (χ3v) is 3.15. The summed E-state index contributed by atoms with van der Waals surface area (Å²) in [6.45, 7) is 5.80. The summed E-state index contributed by atoms with van der Waals surface area (Å²) in [7, 11) is 0. The number of allylic oxidation sites excluding steroid dienone is 1. The summed E-state index contributed by atoms with van der Waals surface area (Å²) in [4.78, 5) is 12.1. The highest BCUT2D eigenvalue weighted by atomic mass is 35.5. The molecule has 0 radical (unpaired) electrons. The molecule has 1 nitrogen and oxygen atoms in total. The van der Waals surface area contributed by atoms with Crippen LogP contribution < -0.4 is 0 Å². The van der Waals surface area contributed by atoms with Crippen LogP contribution >= 0.6 is 11.6 Å². The number of carbonyl (C=O) groups excluding carboxylic acids is 1. The van der Waals surface area contributed by atoms with Crippen molar-refractivity contribution in [2.24, 2.45) is 5.41 Å². The topological polar surface area (TPSA) is 17.1 Å². The van der Waals surface area contributed by atoms with Gasteiger partial charge >= 0.3 is 0 Å². The molecule has 0 fully saturated rings. The van der Waals surface area contributed by atoms with Gasteiger partial charge in [-0.3, -0.25) is 4.79 Å². The lowest BCUT2D eigenvalue weighted by molar-refractivity contribution is 0.0858. The fourth-order valence-electron chi connectivity index (χ4n) is 1.84. The van der Waals surface area contributed by atoms with E-state index in [1.807, 2.05) is 51.1 Å². The second-order valence-electron chi connectivity index (χ2n) is 5.18. The average Bonchev–Trinajstić information content (AvgIpc) is 2.57. The Kier molecular flexibility index (Phi) is 2.67. The maximum atomic E-state index is 12.1. The summed E-state index contributed by atoms with van der Waals surface area (Å²) in [6, 6.07) is 5.75. The van der Waals surface area contributed by atoms with Crippen LogP contribution in [0.2, 0.25) is 0 Å². The van der Waals surface area contributed by atoms with Crippen LogP contribution in [0.3, 0.4) is 0 Å². The van der Waals surface area contributed by atoms with Gasteiger partial charge in [-0.1, -0.05) is 45.1 Å². The quantitative estimate of drug-likeness (QED) is 0.525. The van der Waals surface area contributed by atoms with Crippen molar-refractivity contribution in [3.8, 4) is 0 Å². The number of fused-ring (bicyclic) bond motifs is 1. The second kappa shape index (κ2) is 3.74. The van der Waals surface area contributed by atoms with Crippen molar-refractivity contribution in [1.82, 2.24) is 0 Å². The van der Waals surface area contributed by atoms with E-state index < -0.39 is 0 Å². The van der Waals surface area contributed by atoms with Crippen molar-refractivity contribution in [3.05, 3.63) is 41.0 Å². The zero-order valence-electron chi connectivity index (χ0n) is 9.75. The highest BCUT2D eigenvalue weighted by Crippen LogP contribution is 2.34. The van der Waals surface area contributed by atoms with Gasteiger partial charge in [0.25, 0.3) is 0 Å².